The number of rotatable bonds is 2. The van der Waals surface area contributed by atoms with Crippen molar-refractivity contribution in [1.29, 1.82) is 0 Å². The lowest BCUT2D eigenvalue weighted by Crippen LogP contribution is -2.06. The summed E-state index contributed by atoms with van der Waals surface area (Å²) in [6, 6.07) is 4.01. The molecule has 0 spiro atoms. The van der Waals surface area contributed by atoms with Crippen LogP contribution in [0.2, 0.25) is 0 Å². The zero-order chi connectivity index (χ0) is 16.0. The first-order valence-corrected chi connectivity index (χ1v) is 7.33. The number of aryl methyl sites for hydroxylation is 1. The predicted octanol–water partition coefficient (Wildman–Crippen LogP) is 1.64. The number of hydrogen-bond acceptors (Lipinski definition) is 5. The molecule has 0 atom stereocenters. The smallest absolute Gasteiger partial charge is 0.335 e. The number of benzene rings is 1. The van der Waals surface area contributed by atoms with Gasteiger partial charge in [-0.2, -0.15) is 8.42 Å². The molecule has 114 valence electrons. The molecule has 2 rings (SSSR count). The summed E-state index contributed by atoms with van der Waals surface area (Å²) in [7, 11) is -3.26. The summed E-state index contributed by atoms with van der Waals surface area (Å²) in [6.45, 7) is 1.91. The van der Waals surface area contributed by atoms with Gasteiger partial charge >= 0.3 is 11.9 Å². The van der Waals surface area contributed by atoms with E-state index in [1.807, 2.05) is 0 Å². The average molecular weight is 314 g/mol. The van der Waals surface area contributed by atoms with Gasteiger partial charge in [0.2, 0.25) is 0 Å². The molecule has 1 aliphatic rings. The highest BCUT2D eigenvalue weighted by Gasteiger charge is 2.10. The molecule has 1 aliphatic heterocycles. The third-order valence-corrected chi connectivity index (χ3v) is 3.53. The number of aromatic carboxylic acids is 2. The Hall–Kier alpha value is -2.19. The summed E-state index contributed by atoms with van der Waals surface area (Å²) in [5, 5.41) is 18.3. The van der Waals surface area contributed by atoms with E-state index in [0.717, 1.165) is 11.5 Å². The maximum atomic E-state index is 10.6. The summed E-state index contributed by atoms with van der Waals surface area (Å²) in [6.07, 6.45) is 2.28. The van der Waals surface area contributed by atoms with Crippen molar-refractivity contribution >= 4 is 22.1 Å². The van der Waals surface area contributed by atoms with Crippen molar-refractivity contribution in [3.8, 4) is 0 Å². The van der Waals surface area contributed by atoms with Crippen molar-refractivity contribution in [3.05, 3.63) is 46.4 Å². The molecule has 0 amide bonds. The Bertz CT molecular complexity index is 674. The third-order valence-electron chi connectivity index (χ3n) is 2.51. The summed E-state index contributed by atoms with van der Waals surface area (Å²) in [5.74, 6) is -2.23. The second-order valence-electron chi connectivity index (χ2n) is 4.12. The van der Waals surface area contributed by atoms with Crippen LogP contribution < -0.4 is 0 Å². The van der Waals surface area contributed by atoms with E-state index in [9.17, 15) is 18.0 Å². The molecule has 0 aromatic heterocycles. The average Bonchev–Trinajstić information content (AvgIpc) is 2.39. The van der Waals surface area contributed by atoms with E-state index in [4.69, 9.17) is 10.2 Å². The molecular weight excluding hydrogens is 300 g/mol. The first kappa shape index (κ1) is 16.9. The van der Waals surface area contributed by atoms with Crippen molar-refractivity contribution in [2.45, 2.75) is 13.3 Å². The molecule has 0 fully saturated rings. The van der Waals surface area contributed by atoms with Crippen LogP contribution in [0.4, 0.5) is 0 Å². The molecule has 1 aromatic carbocycles. The highest BCUT2D eigenvalue weighted by molar-refractivity contribution is 7.89. The quantitative estimate of drug-likeness (QED) is 0.796. The molecular formula is C13H14O7S. The Morgan fingerprint density at radius 2 is 1.86 bits per heavy atom. The van der Waals surface area contributed by atoms with E-state index in [-0.39, 0.29) is 11.1 Å². The fourth-order valence-electron chi connectivity index (χ4n) is 1.44. The standard InChI is InChI=1S/C9H8O4.C4H6O3S/c1-5-2-3-6(8(10)11)4-7(5)9(12)13;5-8(6)4-2-1-3-7-8/h2-4H,1H3,(H,10,11)(H,12,13);2,4H,1,3H2. The van der Waals surface area contributed by atoms with Gasteiger partial charge in [-0.3, -0.25) is 4.18 Å². The van der Waals surface area contributed by atoms with Crippen LogP contribution in [0.15, 0.2) is 29.7 Å². The lowest BCUT2D eigenvalue weighted by atomic mass is 10.1. The minimum atomic E-state index is -3.26. The molecule has 2 N–H and O–H groups in total. The monoisotopic (exact) mass is 314 g/mol. The van der Waals surface area contributed by atoms with Crippen LogP contribution in [0.3, 0.4) is 0 Å². The maximum absolute atomic E-state index is 10.6. The Morgan fingerprint density at radius 1 is 1.19 bits per heavy atom. The maximum Gasteiger partial charge on any atom is 0.335 e. The van der Waals surface area contributed by atoms with Gasteiger partial charge in [-0.25, -0.2) is 9.59 Å². The van der Waals surface area contributed by atoms with E-state index in [1.165, 1.54) is 12.1 Å². The zero-order valence-corrected chi connectivity index (χ0v) is 12.0. The van der Waals surface area contributed by atoms with Gasteiger partial charge in [0, 0.05) is 0 Å². The molecule has 0 saturated carbocycles. The fourth-order valence-corrected chi connectivity index (χ4v) is 2.22. The molecule has 0 unspecified atom stereocenters. The summed E-state index contributed by atoms with van der Waals surface area (Å²) >= 11 is 0. The summed E-state index contributed by atoms with van der Waals surface area (Å²) in [5.41, 5.74) is 0.570. The van der Waals surface area contributed by atoms with E-state index >= 15 is 0 Å². The van der Waals surface area contributed by atoms with Crippen molar-refractivity contribution in [3.63, 3.8) is 0 Å². The highest BCUT2D eigenvalue weighted by atomic mass is 32.2. The van der Waals surface area contributed by atoms with Gasteiger partial charge in [0.05, 0.1) is 23.1 Å². The zero-order valence-electron chi connectivity index (χ0n) is 11.1. The molecule has 21 heavy (non-hydrogen) atoms. The predicted molar refractivity (Wildman–Crippen MR) is 73.7 cm³/mol. The van der Waals surface area contributed by atoms with Crippen LogP contribution >= 0.6 is 0 Å². The molecule has 7 nitrogen and oxygen atoms in total. The van der Waals surface area contributed by atoms with Gasteiger partial charge in [0.15, 0.2) is 0 Å². The minimum absolute atomic E-state index is 0.0111. The summed E-state index contributed by atoms with van der Waals surface area (Å²) in [4.78, 5) is 21.1. The fraction of sp³-hybridized carbons (Fsp3) is 0.231. The van der Waals surface area contributed by atoms with Gasteiger partial charge in [-0.05, 0) is 31.0 Å². The van der Waals surface area contributed by atoms with Crippen LogP contribution in [-0.2, 0) is 14.3 Å². The number of carboxylic acid groups (broad SMARTS) is 2. The van der Waals surface area contributed by atoms with Crippen molar-refractivity contribution in [2.24, 2.45) is 0 Å². The lowest BCUT2D eigenvalue weighted by molar-refractivity contribution is 0.0695. The highest BCUT2D eigenvalue weighted by Crippen LogP contribution is 2.11. The third kappa shape index (κ3) is 5.36. The number of carbonyl (C=O) groups is 2. The van der Waals surface area contributed by atoms with Gasteiger partial charge in [0.1, 0.15) is 0 Å². The van der Waals surface area contributed by atoms with Gasteiger partial charge in [-0.15, -0.1) is 0 Å². The molecule has 0 aliphatic carbocycles. The van der Waals surface area contributed by atoms with Gasteiger partial charge in [0.25, 0.3) is 10.1 Å². The largest absolute Gasteiger partial charge is 0.478 e. The molecule has 1 aromatic rings. The van der Waals surface area contributed by atoms with Crippen LogP contribution in [0.5, 0.6) is 0 Å². The number of hydrogen-bond donors (Lipinski definition) is 2. The van der Waals surface area contributed by atoms with Crippen LogP contribution in [0.25, 0.3) is 0 Å². The SMILES string of the molecule is Cc1ccc(C(=O)O)cc1C(=O)O.O=S1(=O)C=CCCO1. The number of carboxylic acids is 2. The Labute approximate surface area is 121 Å². The van der Waals surface area contributed by atoms with Crippen molar-refractivity contribution in [2.75, 3.05) is 6.61 Å². The van der Waals surface area contributed by atoms with E-state index in [1.54, 1.807) is 13.0 Å². The first-order chi connectivity index (χ1) is 9.73. The molecule has 0 saturated heterocycles. The van der Waals surface area contributed by atoms with Gasteiger partial charge in [-0.1, -0.05) is 12.1 Å². The summed E-state index contributed by atoms with van der Waals surface area (Å²) < 4.78 is 25.0. The van der Waals surface area contributed by atoms with Crippen LogP contribution in [-0.4, -0.2) is 37.2 Å². The molecule has 0 radical (unpaired) electrons. The van der Waals surface area contributed by atoms with Crippen LogP contribution in [0, 0.1) is 6.92 Å². The van der Waals surface area contributed by atoms with Gasteiger partial charge < -0.3 is 10.2 Å². The van der Waals surface area contributed by atoms with E-state index in [0.29, 0.717) is 18.6 Å². The second-order valence-corrected chi connectivity index (χ2v) is 5.61. The Kier molecular flexibility index (Phi) is 5.62. The Balaban J connectivity index is 0.000000235. The Morgan fingerprint density at radius 3 is 2.24 bits per heavy atom. The molecule has 8 heteroatoms. The van der Waals surface area contributed by atoms with Crippen LogP contribution in [0.1, 0.15) is 32.7 Å². The molecule has 1 heterocycles. The van der Waals surface area contributed by atoms with E-state index < -0.39 is 22.1 Å². The topological polar surface area (TPSA) is 118 Å². The normalized spacial score (nSPS) is 15.7. The minimum Gasteiger partial charge on any atom is -0.478 e. The molecule has 0 bridgehead atoms. The van der Waals surface area contributed by atoms with E-state index in [2.05, 4.69) is 4.18 Å². The van der Waals surface area contributed by atoms with Crippen molar-refractivity contribution in [1.82, 2.24) is 0 Å². The van der Waals surface area contributed by atoms with Crippen molar-refractivity contribution < 1.29 is 32.4 Å². The first-order valence-electron chi connectivity index (χ1n) is 5.86. The lowest BCUT2D eigenvalue weighted by Gasteiger charge is -2.02. The second kappa shape index (κ2) is 7.00.